The molecule has 0 aliphatic rings. The summed E-state index contributed by atoms with van der Waals surface area (Å²) in [6.07, 6.45) is 0. The summed E-state index contributed by atoms with van der Waals surface area (Å²) in [4.78, 5) is 49.6. The Morgan fingerprint density at radius 2 is 1.61 bits per heavy atom. The van der Waals surface area contributed by atoms with E-state index < -0.39 is 22.1 Å². The molecule has 4 aromatic rings. The molecule has 0 fully saturated rings. The van der Waals surface area contributed by atoms with E-state index in [0.717, 1.165) is 10.1 Å². The minimum Gasteiger partial charge on any atom is -0.348 e. The normalized spacial score (nSPS) is 11.8. The lowest BCUT2D eigenvalue weighted by Crippen LogP contribution is -2.42. The number of nitro benzene ring substituents is 1. The van der Waals surface area contributed by atoms with Crippen LogP contribution in [0.3, 0.4) is 0 Å². The summed E-state index contributed by atoms with van der Waals surface area (Å²) in [6.45, 7) is 1.54. The van der Waals surface area contributed by atoms with Crippen LogP contribution in [0.1, 0.15) is 18.5 Å². The topological polar surface area (TPSA) is 116 Å². The first-order chi connectivity index (χ1) is 15.9. The summed E-state index contributed by atoms with van der Waals surface area (Å²) in [5, 5.41) is 14.1. The first-order valence-electron chi connectivity index (χ1n) is 10.2. The van der Waals surface area contributed by atoms with Crippen molar-refractivity contribution < 1.29 is 9.72 Å². The van der Waals surface area contributed by atoms with Crippen LogP contribution in [0, 0.1) is 10.1 Å². The molecule has 0 aliphatic heterocycles. The Labute approximate surface area is 187 Å². The molecule has 0 bridgehead atoms. The van der Waals surface area contributed by atoms with Crippen LogP contribution in [0.25, 0.3) is 16.6 Å². The fourth-order valence-corrected chi connectivity index (χ4v) is 3.68. The average molecular weight is 444 g/mol. The minimum absolute atomic E-state index is 0.165. The second kappa shape index (κ2) is 8.91. The maximum atomic E-state index is 13.3. The number of nitro groups is 1. The maximum Gasteiger partial charge on any atom is 0.336 e. The highest BCUT2D eigenvalue weighted by Gasteiger charge is 2.18. The van der Waals surface area contributed by atoms with Crippen molar-refractivity contribution >= 4 is 22.5 Å². The van der Waals surface area contributed by atoms with Gasteiger partial charge in [0.1, 0.15) is 6.54 Å². The predicted molar refractivity (Wildman–Crippen MR) is 123 cm³/mol. The molecule has 1 amide bonds. The lowest BCUT2D eigenvalue weighted by molar-refractivity contribution is -0.384. The van der Waals surface area contributed by atoms with Crippen molar-refractivity contribution in [1.29, 1.82) is 0 Å². The SMILES string of the molecule is C[C@H](NC(=O)Cn1c(=O)n(-c2ccc([N+](=O)[O-])cc2)c(=O)c2ccccc21)c1ccccc1. The number of benzene rings is 3. The van der Waals surface area contributed by atoms with Crippen molar-refractivity contribution in [3.05, 3.63) is 115 Å². The van der Waals surface area contributed by atoms with Crippen molar-refractivity contribution in [3.8, 4) is 5.69 Å². The molecule has 9 heteroatoms. The Morgan fingerprint density at radius 3 is 2.27 bits per heavy atom. The number of carbonyl (C=O) groups excluding carboxylic acids is 1. The summed E-state index contributed by atoms with van der Waals surface area (Å²) in [6, 6.07) is 20.7. The van der Waals surface area contributed by atoms with Crippen molar-refractivity contribution in [2.75, 3.05) is 0 Å². The van der Waals surface area contributed by atoms with Gasteiger partial charge in [-0.05, 0) is 36.8 Å². The fourth-order valence-electron chi connectivity index (χ4n) is 3.68. The number of para-hydroxylation sites is 1. The third-order valence-corrected chi connectivity index (χ3v) is 5.35. The smallest absolute Gasteiger partial charge is 0.336 e. The number of non-ortho nitro benzene ring substituents is 1. The third-order valence-electron chi connectivity index (χ3n) is 5.35. The number of carbonyl (C=O) groups is 1. The Hall–Kier alpha value is -4.53. The van der Waals surface area contributed by atoms with Gasteiger partial charge in [0.15, 0.2) is 0 Å². The van der Waals surface area contributed by atoms with Gasteiger partial charge >= 0.3 is 5.69 Å². The quantitative estimate of drug-likeness (QED) is 0.363. The van der Waals surface area contributed by atoms with Gasteiger partial charge in [-0.1, -0.05) is 42.5 Å². The number of nitrogens with one attached hydrogen (secondary N) is 1. The lowest BCUT2D eigenvalue weighted by atomic mass is 10.1. The Balaban J connectivity index is 1.76. The first-order valence-corrected chi connectivity index (χ1v) is 10.2. The van der Waals surface area contributed by atoms with Gasteiger partial charge in [-0.15, -0.1) is 0 Å². The van der Waals surface area contributed by atoms with E-state index in [-0.39, 0.29) is 29.3 Å². The summed E-state index contributed by atoms with van der Waals surface area (Å²) >= 11 is 0. The molecule has 0 aliphatic carbocycles. The van der Waals surface area contributed by atoms with E-state index in [1.807, 2.05) is 37.3 Å². The summed E-state index contributed by atoms with van der Waals surface area (Å²) < 4.78 is 2.14. The Morgan fingerprint density at radius 1 is 0.970 bits per heavy atom. The number of hydrogen-bond donors (Lipinski definition) is 1. The number of fused-ring (bicyclic) bond motifs is 1. The molecule has 1 atom stereocenters. The van der Waals surface area contributed by atoms with Crippen LogP contribution in [-0.4, -0.2) is 20.0 Å². The van der Waals surface area contributed by atoms with Crippen LogP contribution >= 0.6 is 0 Å². The van der Waals surface area contributed by atoms with Gasteiger partial charge in [0, 0.05) is 12.1 Å². The molecular formula is C24H20N4O5. The number of hydrogen-bond acceptors (Lipinski definition) is 5. The molecule has 4 rings (SSSR count). The van der Waals surface area contributed by atoms with E-state index in [1.165, 1.54) is 28.8 Å². The first kappa shape index (κ1) is 21.7. The second-order valence-electron chi connectivity index (χ2n) is 7.50. The molecule has 9 nitrogen and oxygen atoms in total. The molecular weight excluding hydrogens is 424 g/mol. The van der Waals surface area contributed by atoms with Gasteiger partial charge < -0.3 is 5.32 Å². The van der Waals surface area contributed by atoms with Crippen LogP contribution in [0.2, 0.25) is 0 Å². The lowest BCUT2D eigenvalue weighted by Gasteiger charge is -2.17. The van der Waals surface area contributed by atoms with Gasteiger partial charge in [-0.2, -0.15) is 0 Å². The summed E-state index contributed by atoms with van der Waals surface area (Å²) in [7, 11) is 0. The predicted octanol–water partition coefficient (Wildman–Crippen LogP) is 2.94. The monoisotopic (exact) mass is 444 g/mol. The van der Waals surface area contributed by atoms with E-state index >= 15 is 0 Å². The van der Waals surface area contributed by atoms with Gasteiger partial charge in [0.25, 0.3) is 11.2 Å². The zero-order chi connectivity index (χ0) is 23.5. The molecule has 33 heavy (non-hydrogen) atoms. The Bertz CT molecular complexity index is 1460. The molecule has 166 valence electrons. The number of amides is 1. The zero-order valence-corrected chi connectivity index (χ0v) is 17.7. The van der Waals surface area contributed by atoms with E-state index in [2.05, 4.69) is 5.32 Å². The third kappa shape index (κ3) is 4.29. The van der Waals surface area contributed by atoms with E-state index in [4.69, 9.17) is 0 Å². The molecule has 0 saturated heterocycles. The minimum atomic E-state index is -0.713. The van der Waals surface area contributed by atoms with Crippen LogP contribution < -0.4 is 16.6 Å². The van der Waals surface area contributed by atoms with Crippen LogP contribution in [0.4, 0.5) is 5.69 Å². The van der Waals surface area contributed by atoms with Crippen LogP contribution in [0.15, 0.2) is 88.5 Å². The fraction of sp³-hybridized carbons (Fsp3) is 0.125. The summed E-state index contributed by atoms with van der Waals surface area (Å²) in [5.41, 5.74) is -0.0312. The van der Waals surface area contributed by atoms with Gasteiger partial charge in [-0.25, -0.2) is 9.36 Å². The van der Waals surface area contributed by atoms with E-state index in [9.17, 15) is 24.5 Å². The highest BCUT2D eigenvalue weighted by Crippen LogP contribution is 2.15. The van der Waals surface area contributed by atoms with Gasteiger partial charge in [0.05, 0.1) is 27.6 Å². The van der Waals surface area contributed by atoms with Crippen molar-refractivity contribution in [2.45, 2.75) is 19.5 Å². The number of aromatic nitrogens is 2. The van der Waals surface area contributed by atoms with Crippen molar-refractivity contribution in [2.24, 2.45) is 0 Å². The van der Waals surface area contributed by atoms with Crippen molar-refractivity contribution in [3.63, 3.8) is 0 Å². The molecule has 0 radical (unpaired) electrons. The van der Waals surface area contributed by atoms with Crippen LogP contribution in [-0.2, 0) is 11.3 Å². The molecule has 0 saturated carbocycles. The van der Waals surface area contributed by atoms with Crippen LogP contribution in [0.5, 0.6) is 0 Å². The maximum absolute atomic E-state index is 13.3. The molecule has 1 aromatic heterocycles. The zero-order valence-electron chi connectivity index (χ0n) is 17.7. The summed E-state index contributed by atoms with van der Waals surface area (Å²) in [5.74, 6) is -0.396. The van der Waals surface area contributed by atoms with Gasteiger partial charge in [-0.3, -0.25) is 24.3 Å². The molecule has 3 aromatic carbocycles. The molecule has 0 spiro atoms. The second-order valence-corrected chi connectivity index (χ2v) is 7.50. The van der Waals surface area contributed by atoms with Crippen molar-refractivity contribution in [1.82, 2.24) is 14.5 Å². The van der Waals surface area contributed by atoms with Gasteiger partial charge in [0.2, 0.25) is 5.91 Å². The average Bonchev–Trinajstić information content (AvgIpc) is 2.82. The van der Waals surface area contributed by atoms with E-state index in [0.29, 0.717) is 5.52 Å². The molecule has 1 N–H and O–H groups in total. The molecule has 1 heterocycles. The highest BCUT2D eigenvalue weighted by molar-refractivity contribution is 5.82. The largest absolute Gasteiger partial charge is 0.348 e. The molecule has 0 unspecified atom stereocenters. The van der Waals surface area contributed by atoms with E-state index in [1.54, 1.807) is 24.3 Å². The Kier molecular flexibility index (Phi) is 5.86. The number of nitrogens with zero attached hydrogens (tertiary/aromatic N) is 3. The highest BCUT2D eigenvalue weighted by atomic mass is 16.6. The number of rotatable bonds is 6. The standard InChI is InChI=1S/C24H20N4O5/c1-16(17-7-3-2-4-8-17)25-22(29)15-26-21-10-6-5-9-20(21)23(30)27(24(26)31)18-11-13-19(14-12-18)28(32)33/h2-14,16H,15H2,1H3,(H,25,29)/t16-/m0/s1.